The molecular weight excluding hydrogens is 384 g/mol. The number of nitrogens with zero attached hydrogens (tertiary/aromatic N) is 1. The summed E-state index contributed by atoms with van der Waals surface area (Å²) in [4.78, 5) is 4.50. The van der Waals surface area contributed by atoms with Crippen LogP contribution < -0.4 is 9.46 Å². The molecule has 0 radical (unpaired) electrons. The van der Waals surface area contributed by atoms with Crippen LogP contribution in [0.5, 0.6) is 5.75 Å². The first kappa shape index (κ1) is 18.9. The topological polar surface area (TPSA) is 68.3 Å². The fourth-order valence-corrected chi connectivity index (χ4v) is 3.88. The van der Waals surface area contributed by atoms with Crippen LogP contribution in [-0.4, -0.2) is 26.6 Å². The van der Waals surface area contributed by atoms with Crippen molar-refractivity contribution in [3.8, 4) is 17.6 Å². The molecule has 6 heteroatoms. The summed E-state index contributed by atoms with van der Waals surface area (Å²) in [5, 5.41) is 2.90. The molecule has 1 N–H and O–H groups in total. The van der Waals surface area contributed by atoms with E-state index in [1.54, 1.807) is 24.4 Å². The molecule has 0 bridgehead atoms. The third-order valence-electron chi connectivity index (χ3n) is 4.40. The van der Waals surface area contributed by atoms with Gasteiger partial charge in [-0.2, -0.15) is 4.72 Å². The maximum Gasteiger partial charge on any atom is 0.241 e. The van der Waals surface area contributed by atoms with Crippen LogP contribution in [0.1, 0.15) is 0 Å². The van der Waals surface area contributed by atoms with Crippen LogP contribution in [-0.2, 0) is 10.0 Å². The van der Waals surface area contributed by atoms with Crippen LogP contribution in [0.3, 0.4) is 0 Å². The van der Waals surface area contributed by atoms with Crippen molar-refractivity contribution in [3.63, 3.8) is 0 Å². The molecule has 29 heavy (non-hydrogen) atoms. The largest absolute Gasteiger partial charge is 0.481 e. The molecule has 0 aliphatic heterocycles. The summed E-state index contributed by atoms with van der Waals surface area (Å²) in [7, 11) is -3.62. The number of benzene rings is 3. The first-order valence-corrected chi connectivity index (χ1v) is 10.5. The average Bonchev–Trinajstić information content (AvgIpc) is 2.75. The van der Waals surface area contributed by atoms with E-state index in [0.717, 1.165) is 21.7 Å². The minimum Gasteiger partial charge on any atom is -0.481 e. The minimum absolute atomic E-state index is 0.0117. The predicted octanol–water partition coefficient (Wildman–Crippen LogP) is 3.75. The monoisotopic (exact) mass is 402 g/mol. The number of hydrogen-bond donors (Lipinski definition) is 1. The van der Waals surface area contributed by atoms with Crippen LogP contribution in [0.25, 0.3) is 21.7 Å². The normalized spacial score (nSPS) is 11.2. The van der Waals surface area contributed by atoms with Gasteiger partial charge in [0.05, 0.1) is 17.0 Å². The van der Waals surface area contributed by atoms with Gasteiger partial charge in [-0.25, -0.2) is 8.42 Å². The highest BCUT2D eigenvalue weighted by molar-refractivity contribution is 7.89. The number of ether oxygens (including phenoxy) is 1. The molecule has 0 fully saturated rings. The van der Waals surface area contributed by atoms with Crippen molar-refractivity contribution >= 4 is 31.7 Å². The number of hydrogen-bond acceptors (Lipinski definition) is 4. The third-order valence-corrected chi connectivity index (χ3v) is 5.79. The second-order valence-corrected chi connectivity index (χ2v) is 8.10. The maximum atomic E-state index is 12.4. The van der Waals surface area contributed by atoms with Crippen LogP contribution in [0.4, 0.5) is 0 Å². The molecule has 5 nitrogen and oxygen atoms in total. The van der Waals surface area contributed by atoms with E-state index in [1.807, 2.05) is 54.6 Å². The summed E-state index contributed by atoms with van der Waals surface area (Å²) in [6.07, 6.45) is 1.73. The van der Waals surface area contributed by atoms with E-state index in [4.69, 9.17) is 4.74 Å². The second-order valence-electron chi connectivity index (χ2n) is 6.33. The van der Waals surface area contributed by atoms with Crippen LogP contribution in [0.15, 0.2) is 83.9 Å². The number of aromatic nitrogens is 1. The van der Waals surface area contributed by atoms with E-state index in [0.29, 0.717) is 5.75 Å². The highest BCUT2D eigenvalue weighted by Gasteiger charge is 2.13. The molecule has 4 aromatic rings. The van der Waals surface area contributed by atoms with E-state index in [1.165, 1.54) is 0 Å². The summed E-state index contributed by atoms with van der Waals surface area (Å²) in [6.45, 7) is 0.174. The number of fused-ring (bicyclic) bond motifs is 2. The lowest BCUT2D eigenvalue weighted by Gasteiger charge is -2.05. The van der Waals surface area contributed by atoms with Gasteiger partial charge in [-0.05, 0) is 41.1 Å². The fourth-order valence-electron chi connectivity index (χ4n) is 2.92. The SMILES string of the molecule is O=S(=O)(NCC#CCOc1ccc2cccnc2c1)c1ccc2ccccc2c1. The quantitative estimate of drug-likeness (QED) is 0.516. The molecule has 0 atom stereocenters. The first-order chi connectivity index (χ1) is 14.1. The lowest BCUT2D eigenvalue weighted by Crippen LogP contribution is -2.24. The zero-order valence-corrected chi connectivity index (χ0v) is 16.3. The molecule has 0 unspecified atom stereocenters. The van der Waals surface area contributed by atoms with Crippen molar-refractivity contribution in [3.05, 3.63) is 79.0 Å². The molecule has 1 aromatic heterocycles. The van der Waals surface area contributed by atoms with Crippen molar-refractivity contribution in [2.45, 2.75) is 4.90 Å². The van der Waals surface area contributed by atoms with Gasteiger partial charge in [-0.1, -0.05) is 48.2 Å². The molecule has 3 aromatic carbocycles. The highest BCUT2D eigenvalue weighted by atomic mass is 32.2. The Morgan fingerprint density at radius 2 is 1.66 bits per heavy atom. The summed E-state index contributed by atoms with van der Waals surface area (Å²) in [5.41, 5.74) is 0.848. The molecule has 0 amide bonds. The number of sulfonamides is 1. The number of nitrogens with one attached hydrogen (secondary N) is 1. The van der Waals surface area contributed by atoms with E-state index in [-0.39, 0.29) is 18.0 Å². The molecule has 0 saturated carbocycles. The maximum absolute atomic E-state index is 12.4. The van der Waals surface area contributed by atoms with Crippen LogP contribution in [0.2, 0.25) is 0 Å². The van der Waals surface area contributed by atoms with Gasteiger partial charge >= 0.3 is 0 Å². The zero-order chi connectivity index (χ0) is 20.1. The fraction of sp³-hybridized carbons (Fsp3) is 0.0870. The molecule has 0 saturated heterocycles. The standard InChI is InChI=1S/C23H18N2O3S/c26-29(27,22-12-10-18-6-1-2-7-20(18)16-22)25-14-3-4-15-28-21-11-9-19-8-5-13-24-23(19)17-21/h1-2,5-13,16-17,25H,14-15H2. The van der Waals surface area contributed by atoms with Crippen LogP contribution >= 0.6 is 0 Å². The first-order valence-electron chi connectivity index (χ1n) is 9.04. The van der Waals surface area contributed by atoms with Crippen molar-refractivity contribution in [2.24, 2.45) is 0 Å². The van der Waals surface area contributed by atoms with E-state index < -0.39 is 10.0 Å². The Morgan fingerprint density at radius 1 is 0.862 bits per heavy atom. The Bertz CT molecular complexity index is 1340. The van der Waals surface area contributed by atoms with Crippen molar-refractivity contribution in [1.29, 1.82) is 0 Å². The molecule has 1 heterocycles. The van der Waals surface area contributed by atoms with E-state index in [2.05, 4.69) is 21.5 Å². The predicted molar refractivity (Wildman–Crippen MR) is 114 cm³/mol. The molecule has 4 rings (SSSR count). The minimum atomic E-state index is -3.62. The van der Waals surface area contributed by atoms with Gasteiger partial charge in [0.2, 0.25) is 10.0 Å². The van der Waals surface area contributed by atoms with Gasteiger partial charge < -0.3 is 4.74 Å². The summed E-state index contributed by atoms with van der Waals surface area (Å²) in [5.74, 6) is 6.26. The molecule has 0 aliphatic carbocycles. The zero-order valence-electron chi connectivity index (χ0n) is 15.5. The number of rotatable bonds is 5. The average molecular weight is 402 g/mol. The van der Waals surface area contributed by atoms with E-state index >= 15 is 0 Å². The van der Waals surface area contributed by atoms with Gasteiger partial charge in [0, 0.05) is 17.6 Å². The van der Waals surface area contributed by atoms with Gasteiger partial charge in [0.15, 0.2) is 0 Å². The lowest BCUT2D eigenvalue weighted by molar-refractivity contribution is 0.370. The molecular formula is C23H18N2O3S. The van der Waals surface area contributed by atoms with Crippen molar-refractivity contribution < 1.29 is 13.2 Å². The van der Waals surface area contributed by atoms with Crippen molar-refractivity contribution in [1.82, 2.24) is 9.71 Å². The Labute approximate surface area is 169 Å². The molecule has 0 aliphatic rings. The Balaban J connectivity index is 1.33. The lowest BCUT2D eigenvalue weighted by atomic mass is 10.1. The summed E-state index contributed by atoms with van der Waals surface area (Å²) in [6, 6.07) is 22.2. The second kappa shape index (κ2) is 8.31. The summed E-state index contributed by atoms with van der Waals surface area (Å²) < 4.78 is 33.0. The van der Waals surface area contributed by atoms with Crippen molar-refractivity contribution in [2.75, 3.05) is 13.2 Å². The molecule has 0 spiro atoms. The van der Waals surface area contributed by atoms with Crippen LogP contribution in [0, 0.1) is 11.8 Å². The van der Waals surface area contributed by atoms with Gasteiger partial charge in [-0.3, -0.25) is 4.98 Å². The van der Waals surface area contributed by atoms with Gasteiger partial charge in [0.25, 0.3) is 0 Å². The smallest absolute Gasteiger partial charge is 0.241 e. The van der Waals surface area contributed by atoms with E-state index in [9.17, 15) is 8.42 Å². The summed E-state index contributed by atoms with van der Waals surface area (Å²) >= 11 is 0. The Morgan fingerprint density at radius 3 is 2.55 bits per heavy atom. The van der Waals surface area contributed by atoms with Gasteiger partial charge in [0.1, 0.15) is 12.4 Å². The molecule has 144 valence electrons. The third kappa shape index (κ3) is 4.54. The number of pyridine rings is 1. The Hall–Kier alpha value is -3.40. The van der Waals surface area contributed by atoms with Gasteiger partial charge in [-0.15, -0.1) is 0 Å². The Kier molecular flexibility index (Phi) is 5.43. The highest BCUT2D eigenvalue weighted by Crippen LogP contribution is 2.19.